The molecule has 0 aliphatic carbocycles. The highest BCUT2D eigenvalue weighted by Crippen LogP contribution is 2.27. The van der Waals surface area contributed by atoms with Crippen LogP contribution in [0.5, 0.6) is 0 Å². The molecule has 0 aliphatic rings. The molecule has 0 amide bonds. The minimum absolute atomic E-state index is 0.730. The zero-order valence-corrected chi connectivity index (χ0v) is 8.43. The van der Waals surface area contributed by atoms with Crippen molar-refractivity contribution in [1.29, 1.82) is 0 Å². The highest BCUT2D eigenvalue weighted by Gasteiger charge is 1.98. The fourth-order valence-electron chi connectivity index (χ4n) is 1.08. The molecule has 60 valence electrons. The molecule has 0 unspecified atom stereocenters. The number of fused-ring (bicyclic) bond motifs is 1. The minimum Gasteiger partial charge on any atom is -0.264 e. The Bertz CT molecular complexity index is 387. The molecule has 0 radical (unpaired) electrons. The number of hydrogen-bond donors (Lipinski definition) is 0. The fraction of sp³-hybridized carbons (Fsp3) is 0. The van der Waals surface area contributed by atoms with Gasteiger partial charge in [-0.05, 0) is 39.5 Å². The summed E-state index contributed by atoms with van der Waals surface area (Å²) in [6.45, 7) is 0. The molecule has 0 spiro atoms. The van der Waals surface area contributed by atoms with Crippen LogP contribution in [0.1, 0.15) is 0 Å². The maximum atomic E-state index is 5.92. The van der Waals surface area contributed by atoms with E-state index in [2.05, 4.69) is 20.9 Å². The largest absolute Gasteiger partial charge is 0.264 e. The second-order valence-electron chi connectivity index (χ2n) is 2.49. The van der Waals surface area contributed by atoms with Crippen molar-refractivity contribution in [3.63, 3.8) is 0 Å². The summed E-state index contributed by atoms with van der Waals surface area (Å²) in [6, 6.07) is 5.82. The SMILES string of the molecule is Clc1cc2ccncc2cc1Br. The van der Waals surface area contributed by atoms with Gasteiger partial charge in [0.1, 0.15) is 0 Å². The average Bonchev–Trinajstić information content (AvgIpc) is 2.07. The van der Waals surface area contributed by atoms with Gasteiger partial charge in [0.25, 0.3) is 0 Å². The summed E-state index contributed by atoms with van der Waals surface area (Å²) in [5, 5.41) is 2.93. The van der Waals surface area contributed by atoms with Gasteiger partial charge in [0.05, 0.1) is 5.02 Å². The number of pyridine rings is 1. The molecule has 3 heteroatoms. The number of aromatic nitrogens is 1. The Morgan fingerprint density at radius 3 is 2.92 bits per heavy atom. The predicted octanol–water partition coefficient (Wildman–Crippen LogP) is 3.65. The molecule has 0 N–H and O–H groups in total. The molecule has 1 heterocycles. The van der Waals surface area contributed by atoms with Gasteiger partial charge in [-0.3, -0.25) is 4.98 Å². The molecule has 12 heavy (non-hydrogen) atoms. The van der Waals surface area contributed by atoms with E-state index in [4.69, 9.17) is 11.6 Å². The molecule has 2 aromatic rings. The number of halogens is 2. The Kier molecular flexibility index (Phi) is 2.03. The summed E-state index contributed by atoms with van der Waals surface area (Å²) in [5.41, 5.74) is 0. The van der Waals surface area contributed by atoms with Crippen LogP contribution >= 0.6 is 27.5 Å². The summed E-state index contributed by atoms with van der Waals surface area (Å²) in [7, 11) is 0. The quantitative estimate of drug-likeness (QED) is 0.687. The Hall–Kier alpha value is -0.600. The van der Waals surface area contributed by atoms with Gasteiger partial charge in [0.2, 0.25) is 0 Å². The van der Waals surface area contributed by atoms with Crippen molar-refractivity contribution in [3.05, 3.63) is 40.1 Å². The van der Waals surface area contributed by atoms with Crippen LogP contribution in [0.25, 0.3) is 10.8 Å². The van der Waals surface area contributed by atoms with Crippen LogP contribution in [0.2, 0.25) is 5.02 Å². The number of nitrogens with zero attached hydrogens (tertiary/aromatic N) is 1. The lowest BCUT2D eigenvalue weighted by Crippen LogP contribution is -1.76. The van der Waals surface area contributed by atoms with Gasteiger partial charge < -0.3 is 0 Å². The van der Waals surface area contributed by atoms with Crippen LogP contribution in [0.4, 0.5) is 0 Å². The van der Waals surface area contributed by atoms with Gasteiger partial charge >= 0.3 is 0 Å². The Labute approximate surface area is 83.5 Å². The van der Waals surface area contributed by atoms with E-state index >= 15 is 0 Å². The maximum absolute atomic E-state index is 5.92. The lowest BCUT2D eigenvalue weighted by molar-refractivity contribution is 1.36. The zero-order valence-electron chi connectivity index (χ0n) is 6.09. The van der Waals surface area contributed by atoms with Crippen molar-refractivity contribution in [1.82, 2.24) is 4.98 Å². The van der Waals surface area contributed by atoms with E-state index in [0.29, 0.717) is 0 Å². The topological polar surface area (TPSA) is 12.9 Å². The molecule has 2 rings (SSSR count). The third-order valence-electron chi connectivity index (χ3n) is 1.68. The van der Waals surface area contributed by atoms with Crippen molar-refractivity contribution in [2.45, 2.75) is 0 Å². The normalized spacial score (nSPS) is 10.5. The molecule has 0 saturated heterocycles. The molecule has 0 saturated carbocycles. The van der Waals surface area contributed by atoms with Gasteiger partial charge in [-0.15, -0.1) is 0 Å². The Balaban J connectivity index is 2.84. The maximum Gasteiger partial charge on any atom is 0.0554 e. The minimum atomic E-state index is 0.730. The van der Waals surface area contributed by atoms with E-state index in [1.165, 1.54) is 0 Å². The van der Waals surface area contributed by atoms with E-state index in [-0.39, 0.29) is 0 Å². The van der Waals surface area contributed by atoms with E-state index in [1.54, 1.807) is 6.20 Å². The van der Waals surface area contributed by atoms with E-state index in [1.807, 2.05) is 24.4 Å². The van der Waals surface area contributed by atoms with E-state index < -0.39 is 0 Å². The van der Waals surface area contributed by atoms with Gasteiger partial charge in [-0.25, -0.2) is 0 Å². The average molecular weight is 243 g/mol. The first-order valence-electron chi connectivity index (χ1n) is 3.46. The van der Waals surface area contributed by atoms with Crippen LogP contribution in [0.15, 0.2) is 35.1 Å². The number of benzene rings is 1. The molecule has 1 aromatic carbocycles. The van der Waals surface area contributed by atoms with E-state index in [0.717, 1.165) is 20.3 Å². The van der Waals surface area contributed by atoms with Crippen molar-refractivity contribution in [2.75, 3.05) is 0 Å². The molecule has 1 aromatic heterocycles. The highest BCUT2D eigenvalue weighted by molar-refractivity contribution is 9.10. The Morgan fingerprint density at radius 2 is 2.08 bits per heavy atom. The summed E-state index contributed by atoms with van der Waals surface area (Å²) in [4.78, 5) is 4.02. The summed E-state index contributed by atoms with van der Waals surface area (Å²) >= 11 is 9.28. The van der Waals surface area contributed by atoms with Crippen LogP contribution in [0, 0.1) is 0 Å². The third kappa shape index (κ3) is 1.32. The molecule has 0 atom stereocenters. The fourth-order valence-corrected chi connectivity index (χ4v) is 1.61. The predicted molar refractivity (Wildman–Crippen MR) is 54.5 cm³/mol. The Morgan fingerprint density at radius 1 is 1.25 bits per heavy atom. The zero-order chi connectivity index (χ0) is 8.55. The first kappa shape index (κ1) is 8.02. The molecule has 0 aliphatic heterocycles. The molecule has 1 nitrogen and oxygen atoms in total. The van der Waals surface area contributed by atoms with Gasteiger partial charge in [-0.1, -0.05) is 11.6 Å². The molecule has 0 bridgehead atoms. The molecule has 0 fully saturated rings. The summed E-state index contributed by atoms with van der Waals surface area (Å²) in [5.74, 6) is 0. The van der Waals surface area contributed by atoms with Crippen molar-refractivity contribution in [2.24, 2.45) is 0 Å². The van der Waals surface area contributed by atoms with Crippen LogP contribution < -0.4 is 0 Å². The molecular weight excluding hydrogens is 237 g/mol. The first-order chi connectivity index (χ1) is 5.77. The molecular formula is C9H5BrClN. The number of hydrogen-bond acceptors (Lipinski definition) is 1. The van der Waals surface area contributed by atoms with Gasteiger partial charge in [0, 0.05) is 22.3 Å². The van der Waals surface area contributed by atoms with E-state index in [9.17, 15) is 0 Å². The second-order valence-corrected chi connectivity index (χ2v) is 3.75. The number of rotatable bonds is 0. The van der Waals surface area contributed by atoms with Crippen molar-refractivity contribution < 1.29 is 0 Å². The smallest absolute Gasteiger partial charge is 0.0554 e. The third-order valence-corrected chi connectivity index (χ3v) is 2.88. The van der Waals surface area contributed by atoms with Gasteiger partial charge in [0.15, 0.2) is 0 Å². The van der Waals surface area contributed by atoms with Crippen LogP contribution in [-0.2, 0) is 0 Å². The lowest BCUT2D eigenvalue weighted by atomic mass is 10.2. The van der Waals surface area contributed by atoms with Gasteiger partial charge in [-0.2, -0.15) is 0 Å². The van der Waals surface area contributed by atoms with Crippen LogP contribution in [-0.4, -0.2) is 4.98 Å². The second kappa shape index (κ2) is 3.04. The summed E-state index contributed by atoms with van der Waals surface area (Å²) in [6.07, 6.45) is 3.57. The summed E-state index contributed by atoms with van der Waals surface area (Å²) < 4.78 is 0.907. The standard InChI is InChI=1S/C9H5BrClN/c10-8-3-7-5-12-2-1-6(7)4-9(8)11/h1-5H. The van der Waals surface area contributed by atoms with Crippen molar-refractivity contribution >= 4 is 38.3 Å². The van der Waals surface area contributed by atoms with Crippen LogP contribution in [0.3, 0.4) is 0 Å². The lowest BCUT2D eigenvalue weighted by Gasteiger charge is -1.99. The van der Waals surface area contributed by atoms with Crippen molar-refractivity contribution in [3.8, 4) is 0 Å². The monoisotopic (exact) mass is 241 g/mol. The highest BCUT2D eigenvalue weighted by atomic mass is 79.9. The first-order valence-corrected chi connectivity index (χ1v) is 4.63.